The molecule has 0 spiro atoms. The number of hydrogen-bond acceptors (Lipinski definition) is 6. The van der Waals surface area contributed by atoms with Crippen LogP contribution in [-0.4, -0.2) is 9.13 Å². The van der Waals surface area contributed by atoms with Gasteiger partial charge in [-0.2, -0.15) is 0 Å². The summed E-state index contributed by atoms with van der Waals surface area (Å²) in [6.07, 6.45) is 0. The third-order valence-corrected chi connectivity index (χ3v) is 29.9. The van der Waals surface area contributed by atoms with E-state index < -0.39 is 0 Å². The molecule has 0 atom stereocenters. The molecule has 0 saturated carbocycles. The van der Waals surface area contributed by atoms with Crippen molar-refractivity contribution in [3.63, 3.8) is 0 Å². The highest BCUT2D eigenvalue weighted by molar-refractivity contribution is 9.10. The summed E-state index contributed by atoms with van der Waals surface area (Å²) in [5.74, 6) is 0. The highest BCUT2D eigenvalue weighted by Crippen LogP contribution is 2.46. The quantitative estimate of drug-likeness (QED) is 0.125. The van der Waals surface area contributed by atoms with Gasteiger partial charge < -0.3 is 28.2 Å². The lowest BCUT2D eigenvalue weighted by atomic mass is 10.0. The first-order valence-electron chi connectivity index (χ1n) is 46.3. The number of hydrogen-bond donors (Lipinski definition) is 1. The molecule has 0 saturated heterocycles. The first-order chi connectivity index (χ1) is 67.7. The molecule has 0 unspecified atom stereocenters. The number of furan rings is 2. The maximum Gasteiger partial charge on any atom is 0.135 e. The molecule has 644 valence electrons. The number of halogens is 1. The number of rotatable bonds is 13. The Balaban J connectivity index is 0.000000118. The van der Waals surface area contributed by atoms with Crippen LogP contribution in [0.3, 0.4) is 0 Å². The Bertz CT molecular complexity index is 9230. The number of anilines is 5. The molecular weight excluding hydrogens is 1770 g/mol. The molecule has 6 nitrogen and oxygen atoms in total. The summed E-state index contributed by atoms with van der Waals surface area (Å²) in [6.45, 7) is 0. The minimum atomic E-state index is 0.904. The summed E-state index contributed by atoms with van der Waals surface area (Å²) >= 11 is 7.23. The van der Waals surface area contributed by atoms with Crippen LogP contribution in [0.1, 0.15) is 0 Å². The molecule has 28 rings (SSSR count). The number of aromatic nitrogens is 2. The zero-order chi connectivity index (χ0) is 90.5. The second-order valence-corrected chi connectivity index (χ2v) is 38.3. The molecule has 0 bridgehead atoms. The van der Waals surface area contributed by atoms with E-state index in [0.717, 1.165) is 99.2 Å². The van der Waals surface area contributed by atoms with Crippen LogP contribution in [0.4, 0.5) is 28.4 Å². The standard InChI is InChI=1S/C64H40N2OS.C36H23NOS.C28H18BrN/c1-2-10-46-40-60-56(37-45(46)9-1)53-11-3-6-14-59(53)66(60)52-33-19-42(20-34-52)41-17-27-49(28-18-41)65(50-29-21-43(22-30-50)47-25-35-62-57(38-47)54-12-4-7-15-61(54)67-62)51-31-23-44(24-32-51)48-26-36-64-58(39-48)55-13-5-8-16-63(55)68-64;1-3-7-33-29(5-1)31-21-25(13-19-34(31)38-33)23-9-15-27(16-10-23)37-28-17-11-24(12-18-28)26-14-20-36-32(22-26)30-6-2-4-8-35(30)39-36;29-23-13-9-19(10-14-23)20-11-15-24(16-12-20)30-27-8-4-3-7-25(27)26-17-21-5-1-2-6-22(21)18-28(26)30/h1-40H;1-22,37H;1-18H. The van der Waals surface area contributed by atoms with E-state index in [1.54, 1.807) is 0 Å². The molecule has 0 fully saturated rings. The van der Waals surface area contributed by atoms with E-state index in [4.69, 9.17) is 8.83 Å². The van der Waals surface area contributed by atoms with Crippen molar-refractivity contribution < 1.29 is 8.83 Å². The molecule has 0 aliphatic heterocycles. The molecule has 0 aliphatic carbocycles. The summed E-state index contributed by atoms with van der Waals surface area (Å²) < 4.78 is 23.3. The number of nitrogens with one attached hydrogen (secondary N) is 1. The van der Waals surface area contributed by atoms with Crippen LogP contribution >= 0.6 is 38.6 Å². The predicted molar refractivity (Wildman–Crippen MR) is 588 cm³/mol. The Labute approximate surface area is 806 Å². The van der Waals surface area contributed by atoms with Gasteiger partial charge >= 0.3 is 0 Å². The van der Waals surface area contributed by atoms with Gasteiger partial charge in [0.25, 0.3) is 0 Å². The molecule has 22 aromatic carbocycles. The third-order valence-electron chi connectivity index (χ3n) is 27.1. The fraction of sp³-hybridized carbons (Fsp3) is 0. The summed E-state index contributed by atoms with van der Waals surface area (Å²) in [5.41, 5.74) is 30.6. The van der Waals surface area contributed by atoms with Gasteiger partial charge in [0, 0.05) is 128 Å². The van der Waals surface area contributed by atoms with Gasteiger partial charge in [-0.25, -0.2) is 0 Å². The van der Waals surface area contributed by atoms with E-state index in [0.29, 0.717) is 0 Å². The second kappa shape index (κ2) is 34.0. The van der Waals surface area contributed by atoms with Crippen molar-refractivity contribution in [2.75, 3.05) is 10.2 Å². The van der Waals surface area contributed by atoms with E-state index in [1.807, 2.05) is 46.9 Å². The number of nitrogens with zero attached hydrogens (tertiary/aromatic N) is 3. The zero-order valence-corrected chi connectivity index (χ0v) is 77.3. The lowest BCUT2D eigenvalue weighted by molar-refractivity contribution is 0.668. The van der Waals surface area contributed by atoms with Crippen molar-refractivity contribution in [2.45, 2.75) is 0 Å². The van der Waals surface area contributed by atoms with Crippen molar-refractivity contribution >= 4 is 216 Å². The van der Waals surface area contributed by atoms with Crippen molar-refractivity contribution in [3.05, 3.63) is 490 Å². The van der Waals surface area contributed by atoms with E-state index in [1.165, 1.54) is 161 Å². The second-order valence-electron chi connectivity index (χ2n) is 35.2. The Kier molecular flexibility index (Phi) is 20.1. The van der Waals surface area contributed by atoms with Crippen LogP contribution in [0.5, 0.6) is 0 Å². The van der Waals surface area contributed by atoms with Crippen molar-refractivity contribution in [1.29, 1.82) is 0 Å². The monoisotopic (exact) mass is 1850 g/mol. The maximum atomic E-state index is 6.15. The van der Waals surface area contributed by atoms with Gasteiger partial charge in [0.1, 0.15) is 22.3 Å². The molecule has 6 aromatic heterocycles. The normalized spacial score (nSPS) is 11.7. The smallest absolute Gasteiger partial charge is 0.135 e. The van der Waals surface area contributed by atoms with Gasteiger partial charge in [-0.15, -0.1) is 22.7 Å². The minimum absolute atomic E-state index is 0.904. The predicted octanol–water partition coefficient (Wildman–Crippen LogP) is 38.1. The summed E-state index contributed by atoms with van der Waals surface area (Å²) in [5, 5.41) is 23.6. The summed E-state index contributed by atoms with van der Waals surface area (Å²) in [7, 11) is 0. The SMILES string of the molecule is Brc1ccc(-c2ccc(-n3c4ccccc4c4cc5ccccc5cc43)cc2)cc1.c1ccc2c(c1)oc1ccc(-c3ccc(Nc4ccc(-c5ccc6sc7ccccc7c6c5)cc4)cc3)cc12.c1ccc2cc3c(cc2c1)c1ccccc1n3-c1ccc(-c2ccc(N(c3ccc(-c4ccc5oc6ccccc6c5c4)cc3)c3ccc(-c4ccc5sc6ccccc6c5c4)cc3)cc2)cc1. The number of fused-ring (bicyclic) bond motifs is 20. The van der Waals surface area contributed by atoms with Crippen LogP contribution in [-0.2, 0) is 0 Å². The first kappa shape index (κ1) is 80.9. The third kappa shape index (κ3) is 14.9. The molecule has 28 aromatic rings. The Morgan fingerprint density at radius 1 is 0.197 bits per heavy atom. The van der Waals surface area contributed by atoms with Crippen LogP contribution in [0.25, 0.3) is 228 Å². The molecular formula is C128H81BrN4O2S2. The highest BCUT2D eigenvalue weighted by Gasteiger charge is 2.21. The summed E-state index contributed by atoms with van der Waals surface area (Å²) in [4.78, 5) is 2.36. The van der Waals surface area contributed by atoms with E-state index in [2.05, 4.69) is 496 Å². The molecule has 0 radical (unpaired) electrons. The van der Waals surface area contributed by atoms with Crippen molar-refractivity contribution in [1.82, 2.24) is 9.13 Å². The lowest BCUT2D eigenvalue weighted by Crippen LogP contribution is -2.09. The van der Waals surface area contributed by atoms with E-state index >= 15 is 0 Å². The van der Waals surface area contributed by atoms with Gasteiger partial charge in [0.05, 0.1) is 22.1 Å². The lowest BCUT2D eigenvalue weighted by Gasteiger charge is -2.26. The molecule has 0 amide bonds. The van der Waals surface area contributed by atoms with Gasteiger partial charge in [0.2, 0.25) is 0 Å². The number of benzene rings is 22. The molecule has 9 heteroatoms. The summed E-state index contributed by atoms with van der Waals surface area (Å²) in [6, 6.07) is 175. The highest BCUT2D eigenvalue weighted by atomic mass is 79.9. The number of thiophene rings is 2. The van der Waals surface area contributed by atoms with Crippen LogP contribution in [0.2, 0.25) is 0 Å². The van der Waals surface area contributed by atoms with Crippen molar-refractivity contribution in [3.8, 4) is 78.1 Å². The first-order valence-corrected chi connectivity index (χ1v) is 48.7. The minimum Gasteiger partial charge on any atom is -0.456 e. The average molecular weight is 1850 g/mol. The Morgan fingerprint density at radius 3 is 0.869 bits per heavy atom. The fourth-order valence-corrected chi connectivity index (χ4v) is 22.7. The fourth-order valence-electron chi connectivity index (χ4n) is 20.3. The van der Waals surface area contributed by atoms with Crippen molar-refractivity contribution in [2.24, 2.45) is 0 Å². The van der Waals surface area contributed by atoms with E-state index in [9.17, 15) is 0 Å². The molecule has 137 heavy (non-hydrogen) atoms. The van der Waals surface area contributed by atoms with Crippen LogP contribution in [0, 0.1) is 0 Å². The van der Waals surface area contributed by atoms with Crippen LogP contribution < -0.4 is 10.2 Å². The maximum absolute atomic E-state index is 6.15. The Morgan fingerprint density at radius 2 is 0.474 bits per heavy atom. The largest absolute Gasteiger partial charge is 0.456 e. The Hall–Kier alpha value is -16.9. The average Bonchev–Trinajstić information content (AvgIpc) is 1.59. The molecule has 0 aliphatic rings. The van der Waals surface area contributed by atoms with Gasteiger partial charge in [-0.05, 0) is 295 Å². The molecule has 6 heterocycles. The number of para-hydroxylation sites is 4. The van der Waals surface area contributed by atoms with Gasteiger partial charge in [-0.3, -0.25) is 0 Å². The van der Waals surface area contributed by atoms with Gasteiger partial charge in [-0.1, -0.05) is 295 Å². The van der Waals surface area contributed by atoms with Gasteiger partial charge in [0.15, 0.2) is 0 Å². The molecule has 1 N–H and O–H groups in total. The topological polar surface area (TPSA) is 51.4 Å². The van der Waals surface area contributed by atoms with E-state index in [-0.39, 0.29) is 0 Å². The van der Waals surface area contributed by atoms with Crippen LogP contribution in [0.15, 0.2) is 499 Å². The zero-order valence-electron chi connectivity index (χ0n) is 74.0.